The van der Waals surface area contributed by atoms with Gasteiger partial charge in [-0.3, -0.25) is 4.79 Å². The summed E-state index contributed by atoms with van der Waals surface area (Å²) in [6, 6.07) is 3.15. The van der Waals surface area contributed by atoms with Crippen LogP contribution in [-0.4, -0.2) is 30.1 Å². The number of alkyl halides is 4. The van der Waals surface area contributed by atoms with Crippen LogP contribution >= 0.6 is 15.9 Å². The minimum atomic E-state index is -4.94. The Bertz CT molecular complexity index is 529. The minimum absolute atomic E-state index is 0.0101. The van der Waals surface area contributed by atoms with Crippen molar-refractivity contribution in [3.8, 4) is 5.75 Å². The number of esters is 1. The Balaban J connectivity index is 3.19. The Morgan fingerprint density at radius 1 is 1.29 bits per heavy atom. The van der Waals surface area contributed by atoms with Gasteiger partial charge in [-0.25, -0.2) is 4.79 Å². The Morgan fingerprint density at radius 3 is 2.48 bits per heavy atom. The van der Waals surface area contributed by atoms with Crippen molar-refractivity contribution in [2.24, 2.45) is 0 Å². The van der Waals surface area contributed by atoms with Crippen LogP contribution < -0.4 is 4.74 Å². The highest BCUT2D eigenvalue weighted by Gasteiger charge is 2.33. The molecule has 0 saturated heterocycles. The lowest BCUT2D eigenvalue weighted by atomic mass is 10.0. The van der Waals surface area contributed by atoms with Gasteiger partial charge in [0.05, 0.1) is 6.61 Å². The van der Waals surface area contributed by atoms with Crippen LogP contribution in [-0.2, 0) is 4.74 Å². The van der Waals surface area contributed by atoms with Crippen LogP contribution in [0.5, 0.6) is 5.75 Å². The van der Waals surface area contributed by atoms with Gasteiger partial charge in [-0.2, -0.15) is 0 Å². The Labute approximate surface area is 127 Å². The highest BCUT2D eigenvalue weighted by Crippen LogP contribution is 2.28. The highest BCUT2D eigenvalue weighted by molar-refractivity contribution is 9.09. The summed E-state index contributed by atoms with van der Waals surface area (Å²) in [5.41, 5.74) is -0.318. The number of ketones is 1. The maximum absolute atomic E-state index is 12.3. The maximum atomic E-state index is 12.3. The van der Waals surface area contributed by atoms with Crippen molar-refractivity contribution < 1.29 is 32.2 Å². The van der Waals surface area contributed by atoms with E-state index in [1.807, 2.05) is 0 Å². The van der Waals surface area contributed by atoms with Gasteiger partial charge in [0.2, 0.25) is 0 Å². The molecule has 116 valence electrons. The first-order chi connectivity index (χ1) is 9.78. The van der Waals surface area contributed by atoms with E-state index in [4.69, 9.17) is 0 Å². The molecule has 0 fully saturated rings. The third-order valence-corrected chi connectivity index (χ3v) is 2.74. The van der Waals surface area contributed by atoms with Gasteiger partial charge < -0.3 is 9.47 Å². The van der Waals surface area contributed by atoms with Crippen LogP contribution in [0.4, 0.5) is 13.2 Å². The summed E-state index contributed by atoms with van der Waals surface area (Å²) in [5, 5.41) is 0.404. The van der Waals surface area contributed by atoms with Crippen molar-refractivity contribution in [2.75, 3.05) is 11.9 Å². The summed E-state index contributed by atoms with van der Waals surface area (Å²) >= 11 is 3.09. The minimum Gasteiger partial charge on any atom is -0.462 e. The lowest BCUT2D eigenvalue weighted by molar-refractivity contribution is -0.274. The zero-order valence-electron chi connectivity index (χ0n) is 11.0. The number of carbonyl (C=O) groups is 2. The van der Waals surface area contributed by atoms with Crippen LogP contribution in [0, 0.1) is 0 Å². The maximum Gasteiger partial charge on any atom is 0.573 e. The number of carbonyl (C=O) groups excluding carboxylic acids is 2. The molecule has 1 rings (SSSR count). The predicted molar refractivity (Wildman–Crippen MR) is 71.8 cm³/mol. The van der Waals surface area contributed by atoms with Gasteiger partial charge in [0.15, 0.2) is 5.78 Å². The van der Waals surface area contributed by atoms with Crippen molar-refractivity contribution in [1.29, 1.82) is 0 Å². The van der Waals surface area contributed by atoms with Crippen LogP contribution in [0.15, 0.2) is 18.2 Å². The second-order valence-electron chi connectivity index (χ2n) is 3.84. The molecule has 0 amide bonds. The van der Waals surface area contributed by atoms with Gasteiger partial charge in [0.25, 0.3) is 0 Å². The van der Waals surface area contributed by atoms with E-state index in [2.05, 4.69) is 25.4 Å². The zero-order chi connectivity index (χ0) is 16.0. The molecule has 0 aliphatic heterocycles. The average molecular weight is 369 g/mol. The van der Waals surface area contributed by atoms with Crippen LogP contribution in [0.1, 0.15) is 34.1 Å². The second kappa shape index (κ2) is 7.44. The van der Waals surface area contributed by atoms with Crippen molar-refractivity contribution in [2.45, 2.75) is 19.7 Å². The molecule has 0 spiro atoms. The summed E-state index contributed by atoms with van der Waals surface area (Å²) in [6.07, 6.45) is -4.79. The van der Waals surface area contributed by atoms with E-state index in [0.717, 1.165) is 12.1 Å². The van der Waals surface area contributed by atoms with Crippen molar-refractivity contribution in [3.63, 3.8) is 0 Å². The van der Waals surface area contributed by atoms with Crippen LogP contribution in [0.25, 0.3) is 0 Å². The van der Waals surface area contributed by atoms with E-state index in [1.54, 1.807) is 0 Å². The van der Waals surface area contributed by atoms with E-state index < -0.39 is 23.6 Å². The predicted octanol–water partition coefficient (Wildman–Crippen LogP) is 3.73. The monoisotopic (exact) mass is 368 g/mol. The summed E-state index contributed by atoms with van der Waals surface area (Å²) in [6.45, 7) is 1.51. The molecule has 0 N–H and O–H groups in total. The summed E-state index contributed by atoms with van der Waals surface area (Å²) in [4.78, 5) is 23.4. The standard InChI is InChI=1S/C13H12BrF3O4/c1-2-20-12(19)9-7-8(10(18)5-6-14)3-4-11(9)21-13(15,16)17/h3-4,7H,2,5-6H2,1H3. The summed E-state index contributed by atoms with van der Waals surface area (Å²) < 4.78 is 45.4. The molecule has 0 saturated carbocycles. The fraction of sp³-hybridized carbons (Fsp3) is 0.385. The van der Waals surface area contributed by atoms with E-state index in [-0.39, 0.29) is 24.4 Å². The number of benzene rings is 1. The molecule has 1 aromatic carbocycles. The van der Waals surface area contributed by atoms with E-state index in [0.29, 0.717) is 5.33 Å². The third-order valence-electron chi connectivity index (χ3n) is 2.34. The molecule has 8 heteroatoms. The topological polar surface area (TPSA) is 52.6 Å². The first-order valence-electron chi connectivity index (χ1n) is 5.94. The van der Waals surface area contributed by atoms with Crippen LogP contribution in [0.2, 0.25) is 0 Å². The number of hydrogen-bond acceptors (Lipinski definition) is 4. The number of halogens is 4. The largest absolute Gasteiger partial charge is 0.573 e. The summed E-state index contributed by atoms with van der Waals surface area (Å²) in [5.74, 6) is -1.99. The van der Waals surface area contributed by atoms with Crippen LogP contribution in [0.3, 0.4) is 0 Å². The summed E-state index contributed by atoms with van der Waals surface area (Å²) in [7, 11) is 0. The molecule has 4 nitrogen and oxygen atoms in total. The normalized spacial score (nSPS) is 11.1. The molecule has 0 atom stereocenters. The lowest BCUT2D eigenvalue weighted by Crippen LogP contribution is -2.20. The number of ether oxygens (including phenoxy) is 2. The molecular formula is C13H12BrF3O4. The second-order valence-corrected chi connectivity index (χ2v) is 4.63. The fourth-order valence-electron chi connectivity index (χ4n) is 1.52. The molecule has 0 heterocycles. The Kier molecular flexibility index (Phi) is 6.19. The van der Waals surface area contributed by atoms with Crippen molar-refractivity contribution in [3.05, 3.63) is 29.3 Å². The quantitative estimate of drug-likeness (QED) is 0.436. The average Bonchev–Trinajstić information content (AvgIpc) is 2.37. The van der Waals surface area contributed by atoms with Crippen molar-refractivity contribution in [1.82, 2.24) is 0 Å². The molecular weight excluding hydrogens is 357 g/mol. The van der Waals surface area contributed by atoms with Gasteiger partial charge >= 0.3 is 12.3 Å². The highest BCUT2D eigenvalue weighted by atomic mass is 79.9. The molecule has 0 aliphatic rings. The first kappa shape index (κ1) is 17.5. The smallest absolute Gasteiger partial charge is 0.462 e. The van der Waals surface area contributed by atoms with Crippen molar-refractivity contribution >= 4 is 27.7 Å². The number of rotatable bonds is 6. The van der Waals surface area contributed by atoms with E-state index >= 15 is 0 Å². The number of hydrogen-bond donors (Lipinski definition) is 0. The molecule has 0 unspecified atom stereocenters. The lowest BCUT2D eigenvalue weighted by Gasteiger charge is -2.13. The molecule has 1 aromatic rings. The van der Waals surface area contributed by atoms with Gasteiger partial charge in [0.1, 0.15) is 11.3 Å². The number of Topliss-reactive ketones (excluding diaryl/α,β-unsaturated/α-hetero) is 1. The molecule has 0 radical (unpaired) electrons. The zero-order valence-corrected chi connectivity index (χ0v) is 12.6. The third kappa shape index (κ3) is 5.37. The molecule has 21 heavy (non-hydrogen) atoms. The van der Waals surface area contributed by atoms with E-state index in [1.165, 1.54) is 13.0 Å². The molecule has 0 aliphatic carbocycles. The Morgan fingerprint density at radius 2 is 1.95 bits per heavy atom. The van der Waals surface area contributed by atoms with Gasteiger partial charge in [-0.05, 0) is 25.1 Å². The van der Waals surface area contributed by atoms with E-state index in [9.17, 15) is 22.8 Å². The van der Waals surface area contributed by atoms with Gasteiger partial charge in [0, 0.05) is 17.3 Å². The fourth-order valence-corrected chi connectivity index (χ4v) is 1.88. The van der Waals surface area contributed by atoms with Gasteiger partial charge in [-0.1, -0.05) is 15.9 Å². The first-order valence-corrected chi connectivity index (χ1v) is 7.06. The molecule has 0 aromatic heterocycles. The Hall–Kier alpha value is -1.57. The SMILES string of the molecule is CCOC(=O)c1cc(C(=O)CCBr)ccc1OC(F)(F)F. The van der Waals surface area contributed by atoms with Gasteiger partial charge in [-0.15, -0.1) is 13.2 Å². The molecule has 0 bridgehead atoms.